The van der Waals surface area contributed by atoms with Gasteiger partial charge in [-0.2, -0.15) is 0 Å². The van der Waals surface area contributed by atoms with Crippen LogP contribution in [0.4, 0.5) is 9.59 Å². The molecule has 8 heteroatoms. The van der Waals surface area contributed by atoms with Crippen LogP contribution in [-0.4, -0.2) is 37.3 Å². The zero-order valence-electron chi connectivity index (χ0n) is 17.0. The van der Waals surface area contributed by atoms with Gasteiger partial charge in [-0.3, -0.25) is 0 Å². The minimum absolute atomic E-state index is 0.0628. The van der Waals surface area contributed by atoms with Gasteiger partial charge in [0.1, 0.15) is 24.1 Å². The predicted octanol–water partition coefficient (Wildman–Crippen LogP) is 3.52. The van der Waals surface area contributed by atoms with Crippen molar-refractivity contribution in [3.8, 4) is 11.5 Å². The maximum Gasteiger partial charge on any atom is 0.413 e. The molecule has 0 aromatic heterocycles. The number of ether oxygens (including phenoxy) is 3. The standard InChI is InChI=1S/C22H26N2O6/c1-16(2)15-19(24-22(27)30-18-11-7-4-8-12-18)20(25)28-14-13-23-21(26)29-17-9-5-3-6-10-17/h3-12,16,19H,13-15H2,1-2H3,(H,23,26)(H,24,27). The first-order chi connectivity index (χ1) is 14.4. The zero-order chi connectivity index (χ0) is 21.8. The van der Waals surface area contributed by atoms with Crippen LogP contribution in [0.15, 0.2) is 60.7 Å². The van der Waals surface area contributed by atoms with E-state index in [0.717, 1.165) is 0 Å². The maximum atomic E-state index is 12.4. The molecule has 0 saturated heterocycles. The number of nitrogens with one attached hydrogen (secondary N) is 2. The van der Waals surface area contributed by atoms with Gasteiger partial charge in [-0.15, -0.1) is 0 Å². The lowest BCUT2D eigenvalue weighted by molar-refractivity contribution is -0.146. The maximum absolute atomic E-state index is 12.4. The van der Waals surface area contributed by atoms with E-state index >= 15 is 0 Å². The number of amides is 2. The molecule has 160 valence electrons. The summed E-state index contributed by atoms with van der Waals surface area (Å²) in [4.78, 5) is 36.2. The van der Waals surface area contributed by atoms with Crippen LogP contribution in [-0.2, 0) is 9.53 Å². The van der Waals surface area contributed by atoms with Crippen molar-refractivity contribution in [1.29, 1.82) is 0 Å². The molecule has 2 aromatic carbocycles. The third kappa shape index (κ3) is 8.64. The Morgan fingerprint density at radius 1 is 0.833 bits per heavy atom. The highest BCUT2D eigenvalue weighted by atomic mass is 16.6. The molecule has 0 spiro atoms. The van der Waals surface area contributed by atoms with E-state index in [4.69, 9.17) is 14.2 Å². The van der Waals surface area contributed by atoms with Gasteiger partial charge in [0.15, 0.2) is 0 Å². The Morgan fingerprint density at radius 3 is 1.90 bits per heavy atom. The molecule has 0 aliphatic heterocycles. The Hall–Kier alpha value is -3.55. The van der Waals surface area contributed by atoms with Gasteiger partial charge in [-0.1, -0.05) is 50.2 Å². The fourth-order valence-corrected chi connectivity index (χ4v) is 2.49. The smallest absolute Gasteiger partial charge is 0.413 e. The third-order valence-electron chi connectivity index (χ3n) is 3.81. The summed E-state index contributed by atoms with van der Waals surface area (Å²) >= 11 is 0. The van der Waals surface area contributed by atoms with E-state index in [1.54, 1.807) is 54.6 Å². The van der Waals surface area contributed by atoms with Crippen molar-refractivity contribution < 1.29 is 28.6 Å². The highest BCUT2D eigenvalue weighted by molar-refractivity contribution is 5.82. The summed E-state index contributed by atoms with van der Waals surface area (Å²) in [6.45, 7) is 3.85. The van der Waals surface area contributed by atoms with Crippen LogP contribution >= 0.6 is 0 Å². The lowest BCUT2D eigenvalue weighted by Crippen LogP contribution is -2.44. The molecule has 0 radical (unpaired) electrons. The second kappa shape index (κ2) is 12.1. The first-order valence-corrected chi connectivity index (χ1v) is 9.65. The lowest BCUT2D eigenvalue weighted by Gasteiger charge is -2.19. The molecule has 8 nitrogen and oxygen atoms in total. The van der Waals surface area contributed by atoms with E-state index in [-0.39, 0.29) is 19.1 Å². The van der Waals surface area contributed by atoms with Gasteiger partial charge in [-0.25, -0.2) is 14.4 Å². The average molecular weight is 414 g/mol. The average Bonchev–Trinajstić information content (AvgIpc) is 2.71. The van der Waals surface area contributed by atoms with Crippen molar-refractivity contribution >= 4 is 18.2 Å². The van der Waals surface area contributed by atoms with Gasteiger partial charge >= 0.3 is 18.2 Å². The highest BCUT2D eigenvalue weighted by Crippen LogP contribution is 2.11. The molecule has 1 atom stereocenters. The number of benzene rings is 2. The number of carbonyl (C=O) groups excluding carboxylic acids is 3. The number of carbonyl (C=O) groups is 3. The quantitative estimate of drug-likeness (QED) is 0.481. The third-order valence-corrected chi connectivity index (χ3v) is 3.81. The topological polar surface area (TPSA) is 103 Å². The fourth-order valence-electron chi connectivity index (χ4n) is 2.49. The van der Waals surface area contributed by atoms with Gasteiger partial charge in [0.25, 0.3) is 0 Å². The van der Waals surface area contributed by atoms with Crippen LogP contribution in [0.1, 0.15) is 20.3 Å². The molecule has 0 aliphatic rings. The molecule has 2 aromatic rings. The van der Waals surface area contributed by atoms with Gasteiger partial charge < -0.3 is 24.8 Å². The van der Waals surface area contributed by atoms with E-state index in [0.29, 0.717) is 17.9 Å². The first-order valence-electron chi connectivity index (χ1n) is 9.65. The number of hydrogen-bond donors (Lipinski definition) is 2. The number of esters is 1. The predicted molar refractivity (Wildman–Crippen MR) is 110 cm³/mol. The molecule has 2 amide bonds. The summed E-state index contributed by atoms with van der Waals surface area (Å²) in [7, 11) is 0. The van der Waals surface area contributed by atoms with Crippen LogP contribution in [0.25, 0.3) is 0 Å². The van der Waals surface area contributed by atoms with Crippen molar-refractivity contribution in [1.82, 2.24) is 10.6 Å². The SMILES string of the molecule is CC(C)CC(NC(=O)Oc1ccccc1)C(=O)OCCNC(=O)Oc1ccccc1. The van der Waals surface area contributed by atoms with Crippen LogP contribution in [0.5, 0.6) is 11.5 Å². The van der Waals surface area contributed by atoms with Gasteiger partial charge in [-0.05, 0) is 36.6 Å². The summed E-state index contributed by atoms with van der Waals surface area (Å²) in [5.41, 5.74) is 0. The van der Waals surface area contributed by atoms with Crippen LogP contribution in [0.3, 0.4) is 0 Å². The second-order valence-corrected chi connectivity index (χ2v) is 6.83. The molecule has 0 fully saturated rings. The van der Waals surface area contributed by atoms with Gasteiger partial charge in [0.05, 0.1) is 6.54 Å². The summed E-state index contributed by atoms with van der Waals surface area (Å²) in [6.07, 6.45) is -1.01. The van der Waals surface area contributed by atoms with Crippen molar-refractivity contribution in [2.75, 3.05) is 13.2 Å². The molecular weight excluding hydrogens is 388 g/mol. The summed E-state index contributed by atoms with van der Waals surface area (Å²) in [5, 5.41) is 5.02. The van der Waals surface area contributed by atoms with Crippen LogP contribution < -0.4 is 20.1 Å². The fraction of sp³-hybridized carbons (Fsp3) is 0.318. The minimum Gasteiger partial charge on any atom is -0.462 e. The molecular formula is C22H26N2O6. The highest BCUT2D eigenvalue weighted by Gasteiger charge is 2.24. The Balaban J connectivity index is 1.75. The first kappa shape index (κ1) is 22.7. The van der Waals surface area contributed by atoms with Crippen molar-refractivity contribution in [2.45, 2.75) is 26.3 Å². The van der Waals surface area contributed by atoms with E-state index in [9.17, 15) is 14.4 Å². The molecule has 1 unspecified atom stereocenters. The second-order valence-electron chi connectivity index (χ2n) is 6.83. The summed E-state index contributed by atoms with van der Waals surface area (Å²) in [6, 6.07) is 16.3. The Morgan fingerprint density at radius 2 is 1.37 bits per heavy atom. The Labute approximate surface area is 175 Å². The largest absolute Gasteiger partial charge is 0.462 e. The van der Waals surface area contributed by atoms with Crippen LogP contribution in [0, 0.1) is 5.92 Å². The van der Waals surface area contributed by atoms with E-state index in [1.165, 1.54) is 0 Å². The van der Waals surface area contributed by atoms with Crippen molar-refractivity contribution in [3.63, 3.8) is 0 Å². The number of hydrogen-bond acceptors (Lipinski definition) is 6. The van der Waals surface area contributed by atoms with E-state index in [2.05, 4.69) is 10.6 Å². The normalized spacial score (nSPS) is 11.3. The molecule has 30 heavy (non-hydrogen) atoms. The molecule has 0 heterocycles. The van der Waals surface area contributed by atoms with Gasteiger partial charge in [0, 0.05) is 0 Å². The molecule has 0 saturated carbocycles. The Bertz CT molecular complexity index is 811. The number of rotatable bonds is 9. The molecule has 2 N–H and O–H groups in total. The van der Waals surface area contributed by atoms with Crippen molar-refractivity contribution in [3.05, 3.63) is 60.7 Å². The summed E-state index contributed by atoms with van der Waals surface area (Å²) < 4.78 is 15.4. The van der Waals surface area contributed by atoms with E-state index < -0.39 is 24.2 Å². The molecule has 0 bridgehead atoms. The van der Waals surface area contributed by atoms with Crippen LogP contribution in [0.2, 0.25) is 0 Å². The number of para-hydroxylation sites is 2. The molecule has 2 rings (SSSR count). The lowest BCUT2D eigenvalue weighted by atomic mass is 10.0. The van der Waals surface area contributed by atoms with Crippen molar-refractivity contribution in [2.24, 2.45) is 5.92 Å². The monoisotopic (exact) mass is 414 g/mol. The van der Waals surface area contributed by atoms with Gasteiger partial charge in [0.2, 0.25) is 0 Å². The van der Waals surface area contributed by atoms with E-state index in [1.807, 2.05) is 19.9 Å². The Kier molecular flexibility index (Phi) is 9.18. The zero-order valence-corrected chi connectivity index (χ0v) is 17.0. The minimum atomic E-state index is -0.863. The summed E-state index contributed by atoms with van der Waals surface area (Å²) in [5.74, 6) is 0.309. The molecule has 0 aliphatic carbocycles.